The Morgan fingerprint density at radius 3 is 2.83 bits per heavy atom. The predicted octanol–water partition coefficient (Wildman–Crippen LogP) is 2.48. The van der Waals surface area contributed by atoms with E-state index in [1.165, 1.54) is 0 Å². The van der Waals surface area contributed by atoms with Gasteiger partial charge in [-0.1, -0.05) is 25.5 Å². The first-order valence-electron chi connectivity index (χ1n) is 6.64. The number of benzene rings is 1. The van der Waals surface area contributed by atoms with Crippen molar-refractivity contribution < 1.29 is 14.6 Å². The van der Waals surface area contributed by atoms with Crippen LogP contribution in [-0.2, 0) is 14.9 Å². The summed E-state index contributed by atoms with van der Waals surface area (Å²) in [5.74, 6) is 1.23. The zero-order valence-electron chi connectivity index (χ0n) is 10.7. The standard InChI is InChI=1S/C15H18O3/c1-3-11-12-13(14(17)18-4-2)15(11,12)9-6-5-7-10(16)8-9/h5-8,11-13,16H,3-4H2,1-2H3/t11-,12?,13+,15?/m1/s1. The number of esters is 1. The monoisotopic (exact) mass is 246 g/mol. The molecule has 1 N–H and O–H groups in total. The van der Waals surface area contributed by atoms with Gasteiger partial charge in [-0.2, -0.15) is 0 Å². The van der Waals surface area contributed by atoms with Gasteiger partial charge in [0.05, 0.1) is 12.5 Å². The maximum Gasteiger partial charge on any atom is 0.310 e. The molecule has 3 heteroatoms. The van der Waals surface area contributed by atoms with E-state index in [-0.39, 0.29) is 23.1 Å². The second-order valence-corrected chi connectivity index (χ2v) is 5.25. The van der Waals surface area contributed by atoms with E-state index >= 15 is 0 Å². The Hall–Kier alpha value is -1.51. The quantitative estimate of drug-likeness (QED) is 0.830. The first-order valence-corrected chi connectivity index (χ1v) is 6.64. The van der Waals surface area contributed by atoms with Crippen LogP contribution in [0.25, 0.3) is 0 Å². The minimum Gasteiger partial charge on any atom is -0.508 e. The number of fused-ring (bicyclic) bond motifs is 1. The van der Waals surface area contributed by atoms with E-state index in [9.17, 15) is 9.90 Å². The smallest absolute Gasteiger partial charge is 0.310 e. The first-order chi connectivity index (χ1) is 8.67. The lowest BCUT2D eigenvalue weighted by molar-refractivity contribution is -0.146. The molecule has 0 heterocycles. The van der Waals surface area contributed by atoms with Gasteiger partial charge in [0.25, 0.3) is 0 Å². The summed E-state index contributed by atoms with van der Waals surface area (Å²) in [6.45, 7) is 4.43. The number of carbonyl (C=O) groups is 1. The van der Waals surface area contributed by atoms with Crippen molar-refractivity contribution >= 4 is 5.97 Å². The highest BCUT2D eigenvalue weighted by Crippen LogP contribution is 2.85. The molecule has 2 unspecified atom stereocenters. The van der Waals surface area contributed by atoms with E-state index in [2.05, 4.69) is 6.92 Å². The van der Waals surface area contributed by atoms with Crippen LogP contribution in [0, 0.1) is 17.8 Å². The SMILES string of the molecule is CCOC(=O)[C@@H]1C2[C@@H](CC)C21c1cccc(O)c1. The summed E-state index contributed by atoms with van der Waals surface area (Å²) >= 11 is 0. The van der Waals surface area contributed by atoms with Crippen molar-refractivity contribution in [2.45, 2.75) is 25.7 Å². The van der Waals surface area contributed by atoms with E-state index in [4.69, 9.17) is 4.74 Å². The molecule has 0 radical (unpaired) electrons. The third-order valence-corrected chi connectivity index (χ3v) is 4.58. The van der Waals surface area contributed by atoms with Crippen molar-refractivity contribution in [3.63, 3.8) is 0 Å². The van der Waals surface area contributed by atoms with Crippen LogP contribution in [0.3, 0.4) is 0 Å². The number of hydrogen-bond acceptors (Lipinski definition) is 3. The average molecular weight is 246 g/mol. The first kappa shape index (κ1) is 11.6. The molecule has 3 nitrogen and oxygen atoms in total. The molecule has 0 saturated heterocycles. The fourth-order valence-electron chi connectivity index (χ4n) is 3.82. The van der Waals surface area contributed by atoms with Gasteiger partial charge in [-0.3, -0.25) is 4.79 Å². The molecule has 4 atom stereocenters. The predicted molar refractivity (Wildman–Crippen MR) is 67.2 cm³/mol. The summed E-state index contributed by atoms with van der Waals surface area (Å²) in [6.07, 6.45) is 1.08. The highest BCUT2D eigenvalue weighted by Gasteiger charge is 2.88. The lowest BCUT2D eigenvalue weighted by atomic mass is 9.88. The minimum atomic E-state index is -0.0736. The Labute approximate surface area is 107 Å². The lowest BCUT2D eigenvalue weighted by Gasteiger charge is -2.17. The number of rotatable bonds is 4. The van der Waals surface area contributed by atoms with Gasteiger partial charge in [0.1, 0.15) is 5.75 Å². The summed E-state index contributed by atoms with van der Waals surface area (Å²) in [4.78, 5) is 11.9. The van der Waals surface area contributed by atoms with Crippen LogP contribution in [0.4, 0.5) is 0 Å². The Morgan fingerprint density at radius 1 is 1.44 bits per heavy atom. The Kier molecular flexibility index (Phi) is 2.40. The summed E-state index contributed by atoms with van der Waals surface area (Å²) < 4.78 is 5.13. The third kappa shape index (κ3) is 1.27. The Morgan fingerprint density at radius 2 is 2.22 bits per heavy atom. The molecule has 2 aliphatic carbocycles. The molecule has 2 aliphatic rings. The third-order valence-electron chi connectivity index (χ3n) is 4.58. The second-order valence-electron chi connectivity index (χ2n) is 5.25. The van der Waals surface area contributed by atoms with E-state index in [1.807, 2.05) is 19.1 Å². The van der Waals surface area contributed by atoms with Crippen molar-refractivity contribution in [1.29, 1.82) is 0 Å². The number of phenols is 1. The molecule has 0 aliphatic heterocycles. The average Bonchev–Trinajstić information content (AvgIpc) is 3.17. The van der Waals surface area contributed by atoms with Gasteiger partial charge < -0.3 is 9.84 Å². The van der Waals surface area contributed by atoms with Crippen LogP contribution in [-0.4, -0.2) is 17.7 Å². The van der Waals surface area contributed by atoms with Gasteiger partial charge in [0.2, 0.25) is 0 Å². The molecule has 0 bridgehead atoms. The fourth-order valence-corrected chi connectivity index (χ4v) is 3.82. The van der Waals surface area contributed by atoms with Crippen molar-refractivity contribution in [2.75, 3.05) is 6.61 Å². The highest BCUT2D eigenvalue weighted by atomic mass is 16.5. The van der Waals surface area contributed by atoms with Crippen LogP contribution in [0.1, 0.15) is 25.8 Å². The fraction of sp³-hybridized carbons (Fsp3) is 0.533. The molecular weight excluding hydrogens is 228 g/mol. The largest absolute Gasteiger partial charge is 0.508 e. The number of phenolic OH excluding ortho intramolecular Hbond substituents is 1. The van der Waals surface area contributed by atoms with Crippen molar-refractivity contribution in [3.8, 4) is 5.75 Å². The number of aromatic hydroxyl groups is 1. The Bertz CT molecular complexity index is 496. The van der Waals surface area contributed by atoms with Crippen LogP contribution in [0.5, 0.6) is 5.75 Å². The summed E-state index contributed by atoms with van der Waals surface area (Å²) in [5, 5.41) is 9.59. The van der Waals surface area contributed by atoms with E-state index in [1.54, 1.807) is 12.1 Å². The molecule has 2 saturated carbocycles. The van der Waals surface area contributed by atoms with Crippen molar-refractivity contribution in [1.82, 2.24) is 0 Å². The molecule has 0 amide bonds. The van der Waals surface area contributed by atoms with Crippen molar-refractivity contribution in [2.24, 2.45) is 17.8 Å². The molecule has 3 rings (SSSR count). The van der Waals surface area contributed by atoms with Gasteiger partial charge in [-0.15, -0.1) is 0 Å². The number of ether oxygens (including phenoxy) is 1. The molecular formula is C15H18O3. The van der Waals surface area contributed by atoms with Gasteiger partial charge >= 0.3 is 5.97 Å². The lowest BCUT2D eigenvalue weighted by Crippen LogP contribution is -2.22. The number of hydrogen-bond donors (Lipinski definition) is 1. The summed E-state index contributed by atoms with van der Waals surface area (Å²) in [5.41, 5.74) is 1.07. The van der Waals surface area contributed by atoms with Gasteiger partial charge in [-0.25, -0.2) is 0 Å². The maximum absolute atomic E-state index is 11.9. The molecule has 18 heavy (non-hydrogen) atoms. The molecule has 1 aromatic rings. The van der Waals surface area contributed by atoms with Crippen LogP contribution < -0.4 is 0 Å². The van der Waals surface area contributed by atoms with Gasteiger partial charge in [-0.05, 0) is 36.5 Å². The highest BCUT2D eigenvalue weighted by molar-refractivity contribution is 5.84. The molecule has 0 spiro atoms. The summed E-state index contributed by atoms with van der Waals surface area (Å²) in [7, 11) is 0. The van der Waals surface area contributed by atoms with Gasteiger partial charge in [0.15, 0.2) is 0 Å². The van der Waals surface area contributed by atoms with Crippen molar-refractivity contribution in [3.05, 3.63) is 29.8 Å². The molecule has 2 fully saturated rings. The topological polar surface area (TPSA) is 46.5 Å². The number of carbonyl (C=O) groups excluding carboxylic acids is 1. The van der Waals surface area contributed by atoms with E-state index in [0.717, 1.165) is 12.0 Å². The van der Waals surface area contributed by atoms with Crippen LogP contribution >= 0.6 is 0 Å². The van der Waals surface area contributed by atoms with Gasteiger partial charge in [0, 0.05) is 5.41 Å². The zero-order valence-corrected chi connectivity index (χ0v) is 10.7. The minimum absolute atomic E-state index is 0.0178. The van der Waals surface area contributed by atoms with E-state index in [0.29, 0.717) is 18.4 Å². The molecule has 96 valence electrons. The zero-order chi connectivity index (χ0) is 12.9. The molecule has 1 aromatic carbocycles. The second kappa shape index (κ2) is 3.74. The van der Waals surface area contributed by atoms with Crippen LogP contribution in [0.15, 0.2) is 24.3 Å². The summed E-state index contributed by atoms with van der Waals surface area (Å²) in [6, 6.07) is 7.33. The maximum atomic E-state index is 11.9. The van der Waals surface area contributed by atoms with Crippen LogP contribution in [0.2, 0.25) is 0 Å². The Balaban J connectivity index is 1.87. The molecule has 0 aromatic heterocycles. The van der Waals surface area contributed by atoms with E-state index < -0.39 is 0 Å². The normalized spacial score (nSPS) is 35.8.